The number of benzene rings is 1. The third-order valence-corrected chi connectivity index (χ3v) is 6.66. The van der Waals surface area contributed by atoms with E-state index in [-0.39, 0.29) is 17.2 Å². The quantitative estimate of drug-likeness (QED) is 0.368. The molecule has 5 rings (SSSR count). The second-order valence-corrected chi connectivity index (χ2v) is 8.54. The van der Waals surface area contributed by atoms with Gasteiger partial charge in [0.15, 0.2) is 5.16 Å². The third kappa shape index (κ3) is 3.53. The lowest BCUT2D eigenvalue weighted by molar-refractivity contribution is -0.124. The highest BCUT2D eigenvalue weighted by atomic mass is 32.2. The second-order valence-electron chi connectivity index (χ2n) is 6.74. The number of hydrogen-bond acceptors (Lipinski definition) is 7. The van der Waals surface area contributed by atoms with E-state index in [2.05, 4.69) is 5.32 Å². The Kier molecular flexibility index (Phi) is 5.08. The molecule has 0 aliphatic carbocycles. The number of hydrogen-bond donors (Lipinski definition) is 1. The van der Waals surface area contributed by atoms with Crippen molar-refractivity contribution >= 4 is 45.3 Å². The first-order valence-corrected chi connectivity index (χ1v) is 11.3. The van der Waals surface area contributed by atoms with E-state index in [1.165, 1.54) is 20.8 Å². The number of nitrogens with one attached hydrogen (secondary N) is 1. The molecule has 1 aromatic carbocycles. The molecule has 3 amide bonds. The third-order valence-electron chi connectivity index (χ3n) is 4.86. The van der Waals surface area contributed by atoms with Crippen LogP contribution in [0.3, 0.4) is 0 Å². The van der Waals surface area contributed by atoms with Crippen molar-refractivity contribution in [2.45, 2.75) is 5.16 Å². The van der Waals surface area contributed by atoms with Crippen molar-refractivity contribution < 1.29 is 14.0 Å². The van der Waals surface area contributed by atoms with Crippen molar-refractivity contribution in [2.24, 2.45) is 0 Å². The lowest BCUT2D eigenvalue weighted by Crippen LogP contribution is -2.35. The van der Waals surface area contributed by atoms with Gasteiger partial charge in [-0.05, 0) is 24.3 Å². The fraction of sp³-hybridized carbons (Fsp3) is 0.143. The summed E-state index contributed by atoms with van der Waals surface area (Å²) in [6, 6.07) is 12.3. The first-order chi connectivity index (χ1) is 15.1. The summed E-state index contributed by atoms with van der Waals surface area (Å²) in [5.74, 6) is 0.269. The van der Waals surface area contributed by atoms with E-state index in [9.17, 15) is 14.4 Å². The fourth-order valence-electron chi connectivity index (χ4n) is 3.40. The number of thioether (sulfide) groups is 1. The van der Waals surface area contributed by atoms with Gasteiger partial charge >= 0.3 is 6.03 Å². The topological polar surface area (TPSA) is 97.4 Å². The molecule has 156 valence electrons. The molecule has 1 fully saturated rings. The number of para-hydroxylation sites is 1. The average Bonchev–Trinajstić information content (AvgIpc) is 3.53. The van der Waals surface area contributed by atoms with Gasteiger partial charge in [-0.2, -0.15) is 0 Å². The Morgan fingerprint density at radius 2 is 2.03 bits per heavy atom. The number of urea groups is 1. The number of amides is 3. The molecule has 0 atom stereocenters. The second kappa shape index (κ2) is 8.05. The Bertz CT molecular complexity index is 1330. The largest absolute Gasteiger partial charge is 0.464 e. The molecule has 1 aliphatic heterocycles. The van der Waals surface area contributed by atoms with Gasteiger partial charge in [-0.25, -0.2) is 9.78 Å². The molecular weight excluding hydrogens is 436 g/mol. The van der Waals surface area contributed by atoms with Crippen molar-refractivity contribution in [2.75, 3.05) is 18.8 Å². The maximum absolute atomic E-state index is 13.6. The average molecular weight is 453 g/mol. The van der Waals surface area contributed by atoms with Gasteiger partial charge in [0, 0.05) is 24.0 Å². The maximum Gasteiger partial charge on any atom is 0.324 e. The Morgan fingerprint density at radius 1 is 1.19 bits per heavy atom. The summed E-state index contributed by atoms with van der Waals surface area (Å²) in [4.78, 5) is 44.3. The maximum atomic E-state index is 13.6. The van der Waals surface area contributed by atoms with Crippen LogP contribution in [0.15, 0.2) is 68.5 Å². The van der Waals surface area contributed by atoms with Gasteiger partial charge in [-0.1, -0.05) is 30.0 Å². The molecule has 4 heterocycles. The molecule has 1 saturated heterocycles. The van der Waals surface area contributed by atoms with Crippen LogP contribution in [0.4, 0.5) is 4.79 Å². The van der Waals surface area contributed by atoms with E-state index in [1.54, 1.807) is 18.4 Å². The van der Waals surface area contributed by atoms with Gasteiger partial charge < -0.3 is 9.73 Å². The van der Waals surface area contributed by atoms with Crippen molar-refractivity contribution in [3.05, 3.63) is 64.5 Å². The number of carbonyl (C=O) groups excluding carboxylic acids is 2. The van der Waals surface area contributed by atoms with Gasteiger partial charge in [-0.3, -0.25) is 19.1 Å². The number of rotatable bonds is 5. The molecule has 0 saturated carbocycles. The first-order valence-electron chi connectivity index (χ1n) is 9.48. The number of fused-ring (bicyclic) bond motifs is 1. The molecule has 0 spiro atoms. The molecule has 3 aromatic heterocycles. The Morgan fingerprint density at radius 3 is 2.74 bits per heavy atom. The number of thiophene rings is 1. The zero-order valence-electron chi connectivity index (χ0n) is 16.1. The van der Waals surface area contributed by atoms with Crippen LogP contribution in [0.2, 0.25) is 0 Å². The minimum absolute atomic E-state index is 0.00534. The van der Waals surface area contributed by atoms with E-state index < -0.39 is 6.03 Å². The van der Waals surface area contributed by atoms with E-state index in [0.717, 1.165) is 11.8 Å². The molecule has 1 aliphatic rings. The summed E-state index contributed by atoms with van der Waals surface area (Å²) < 4.78 is 7.00. The van der Waals surface area contributed by atoms with Gasteiger partial charge in [0.25, 0.3) is 5.56 Å². The summed E-state index contributed by atoms with van der Waals surface area (Å²) in [5, 5.41) is 5.33. The predicted octanol–water partition coefficient (Wildman–Crippen LogP) is 3.35. The number of imide groups is 1. The van der Waals surface area contributed by atoms with Crippen molar-refractivity contribution in [3.8, 4) is 17.0 Å². The van der Waals surface area contributed by atoms with Crippen molar-refractivity contribution in [1.82, 2.24) is 19.8 Å². The van der Waals surface area contributed by atoms with Gasteiger partial charge in [0.1, 0.15) is 10.6 Å². The van der Waals surface area contributed by atoms with Crippen molar-refractivity contribution in [1.29, 1.82) is 0 Å². The summed E-state index contributed by atoms with van der Waals surface area (Å²) in [6.07, 6.45) is 1.56. The van der Waals surface area contributed by atoms with Crippen molar-refractivity contribution in [3.63, 3.8) is 0 Å². The Balaban J connectivity index is 1.59. The number of carbonyl (C=O) groups is 2. The van der Waals surface area contributed by atoms with Crippen LogP contribution >= 0.6 is 23.1 Å². The van der Waals surface area contributed by atoms with Crippen LogP contribution in [0, 0.1) is 0 Å². The van der Waals surface area contributed by atoms with E-state index in [0.29, 0.717) is 45.5 Å². The van der Waals surface area contributed by atoms with Crippen LogP contribution < -0.4 is 10.9 Å². The first kappa shape index (κ1) is 19.6. The molecule has 10 heteroatoms. The van der Waals surface area contributed by atoms with Crippen LogP contribution in [0.1, 0.15) is 0 Å². The van der Waals surface area contributed by atoms with Crippen LogP contribution in [0.5, 0.6) is 0 Å². The number of furan rings is 1. The molecule has 0 radical (unpaired) electrons. The smallest absolute Gasteiger partial charge is 0.324 e. The van der Waals surface area contributed by atoms with Crippen LogP contribution in [-0.4, -0.2) is 45.2 Å². The molecule has 8 nitrogen and oxygen atoms in total. The standard InChI is InChI=1S/C21H16N4O4S2/c26-16(24-9-8-22-20(24)28)12-31-21-23-18-17(14(11-30-18)15-7-4-10-29-15)19(27)25(21)13-5-2-1-3-6-13/h1-7,10-11H,8-9,12H2,(H,22,28). The fourth-order valence-corrected chi connectivity index (χ4v) is 5.26. The number of nitrogens with zero attached hydrogens (tertiary/aromatic N) is 3. The monoisotopic (exact) mass is 452 g/mol. The van der Waals surface area contributed by atoms with Crippen LogP contribution in [0.25, 0.3) is 27.2 Å². The number of aromatic nitrogens is 2. The molecule has 4 aromatic rings. The normalized spacial score (nSPS) is 13.7. The highest BCUT2D eigenvalue weighted by molar-refractivity contribution is 7.99. The van der Waals surface area contributed by atoms with Gasteiger partial charge in [0.2, 0.25) is 5.91 Å². The summed E-state index contributed by atoms with van der Waals surface area (Å²) in [7, 11) is 0. The lowest BCUT2D eigenvalue weighted by atomic mass is 10.2. The van der Waals surface area contributed by atoms with Gasteiger partial charge in [-0.15, -0.1) is 11.3 Å². The Labute approximate surface area is 184 Å². The highest BCUT2D eigenvalue weighted by Gasteiger charge is 2.27. The minimum Gasteiger partial charge on any atom is -0.464 e. The summed E-state index contributed by atoms with van der Waals surface area (Å²) in [5.41, 5.74) is 1.10. The minimum atomic E-state index is -0.393. The zero-order chi connectivity index (χ0) is 21.4. The zero-order valence-corrected chi connectivity index (χ0v) is 17.7. The van der Waals surface area contributed by atoms with E-state index in [4.69, 9.17) is 9.40 Å². The Hall–Kier alpha value is -3.37. The molecule has 0 unspecified atom stereocenters. The molecule has 31 heavy (non-hydrogen) atoms. The SMILES string of the molecule is O=C(CSc1nc2scc(-c3ccco3)c2c(=O)n1-c1ccccc1)N1CCNC1=O. The molecule has 0 bridgehead atoms. The molecular formula is C21H16N4O4S2. The predicted molar refractivity (Wildman–Crippen MR) is 119 cm³/mol. The van der Waals surface area contributed by atoms with Gasteiger partial charge in [0.05, 0.1) is 23.1 Å². The summed E-state index contributed by atoms with van der Waals surface area (Å²) in [6.45, 7) is 0.784. The highest BCUT2D eigenvalue weighted by Crippen LogP contribution is 2.33. The van der Waals surface area contributed by atoms with E-state index >= 15 is 0 Å². The van der Waals surface area contributed by atoms with E-state index in [1.807, 2.05) is 35.7 Å². The summed E-state index contributed by atoms with van der Waals surface area (Å²) >= 11 is 2.49. The van der Waals surface area contributed by atoms with Crippen LogP contribution in [-0.2, 0) is 4.79 Å². The molecule has 1 N–H and O–H groups in total. The lowest BCUT2D eigenvalue weighted by Gasteiger charge is -2.14.